The number of rotatable bonds is 4. The van der Waals surface area contributed by atoms with Gasteiger partial charge in [0.25, 0.3) is 0 Å². The van der Waals surface area contributed by atoms with E-state index >= 15 is 0 Å². The standard InChI is InChI=1S/C9H18N2O4S/c1-16(13,14)5-3-11-9(12)8-6-10-2-4-15-7-8/h8,10H,2-7H2,1H3,(H,11,12). The number of sulfone groups is 1. The van der Waals surface area contributed by atoms with Crippen molar-refractivity contribution in [3.05, 3.63) is 0 Å². The van der Waals surface area contributed by atoms with Crippen molar-refractivity contribution in [1.82, 2.24) is 10.6 Å². The van der Waals surface area contributed by atoms with Gasteiger partial charge in [-0.2, -0.15) is 0 Å². The van der Waals surface area contributed by atoms with Gasteiger partial charge in [0, 0.05) is 25.9 Å². The summed E-state index contributed by atoms with van der Waals surface area (Å²) in [6, 6.07) is 0. The molecule has 0 aromatic rings. The van der Waals surface area contributed by atoms with Gasteiger partial charge in [0.1, 0.15) is 9.84 Å². The van der Waals surface area contributed by atoms with Crippen LogP contribution in [0.5, 0.6) is 0 Å². The zero-order chi connectivity index (χ0) is 12.0. The lowest BCUT2D eigenvalue weighted by Gasteiger charge is -2.13. The molecule has 0 saturated carbocycles. The van der Waals surface area contributed by atoms with Gasteiger partial charge in [-0.1, -0.05) is 0 Å². The molecular weight excluding hydrogens is 232 g/mol. The largest absolute Gasteiger partial charge is 0.379 e. The van der Waals surface area contributed by atoms with E-state index in [4.69, 9.17) is 4.74 Å². The summed E-state index contributed by atoms with van der Waals surface area (Å²) in [5.74, 6) is -0.417. The molecule has 0 aromatic carbocycles. The highest BCUT2D eigenvalue weighted by atomic mass is 32.2. The van der Waals surface area contributed by atoms with Gasteiger partial charge in [0.15, 0.2) is 0 Å². The number of amides is 1. The Morgan fingerprint density at radius 1 is 1.56 bits per heavy atom. The lowest BCUT2D eigenvalue weighted by Crippen LogP contribution is -2.39. The van der Waals surface area contributed by atoms with E-state index in [0.29, 0.717) is 19.8 Å². The second-order valence-corrected chi connectivity index (χ2v) is 6.16. The quantitative estimate of drug-likeness (QED) is 0.626. The van der Waals surface area contributed by atoms with E-state index in [-0.39, 0.29) is 24.1 Å². The molecule has 1 fully saturated rings. The molecule has 0 aliphatic carbocycles. The van der Waals surface area contributed by atoms with E-state index in [1.165, 1.54) is 0 Å². The third kappa shape index (κ3) is 5.43. The Morgan fingerprint density at radius 3 is 3.00 bits per heavy atom. The van der Waals surface area contributed by atoms with Crippen LogP contribution in [0, 0.1) is 5.92 Å². The summed E-state index contributed by atoms with van der Waals surface area (Å²) in [4.78, 5) is 11.6. The van der Waals surface area contributed by atoms with E-state index in [1.54, 1.807) is 0 Å². The molecule has 0 bridgehead atoms. The number of carbonyl (C=O) groups is 1. The highest BCUT2D eigenvalue weighted by Gasteiger charge is 2.20. The van der Waals surface area contributed by atoms with E-state index < -0.39 is 9.84 Å². The van der Waals surface area contributed by atoms with Crippen LogP contribution in [-0.4, -0.2) is 59.2 Å². The number of carbonyl (C=O) groups excluding carboxylic acids is 1. The molecule has 1 atom stereocenters. The Balaban J connectivity index is 2.28. The molecule has 0 radical (unpaired) electrons. The number of nitrogens with one attached hydrogen (secondary N) is 2. The maximum absolute atomic E-state index is 11.6. The first kappa shape index (κ1) is 13.4. The molecule has 1 heterocycles. The summed E-state index contributed by atoms with van der Waals surface area (Å²) in [7, 11) is -3.02. The lowest BCUT2D eigenvalue weighted by atomic mass is 10.1. The molecule has 1 amide bonds. The fraction of sp³-hybridized carbons (Fsp3) is 0.889. The van der Waals surface area contributed by atoms with Crippen LogP contribution >= 0.6 is 0 Å². The molecule has 94 valence electrons. The first-order valence-electron chi connectivity index (χ1n) is 5.23. The van der Waals surface area contributed by atoms with Gasteiger partial charge in [0.2, 0.25) is 5.91 Å². The van der Waals surface area contributed by atoms with Gasteiger partial charge in [-0.3, -0.25) is 4.79 Å². The molecule has 0 spiro atoms. The summed E-state index contributed by atoms with van der Waals surface area (Å²) in [5, 5.41) is 5.68. The monoisotopic (exact) mass is 250 g/mol. The Bertz CT molecular complexity index is 320. The average molecular weight is 250 g/mol. The first-order valence-corrected chi connectivity index (χ1v) is 7.29. The van der Waals surface area contributed by atoms with Gasteiger partial charge >= 0.3 is 0 Å². The first-order chi connectivity index (χ1) is 7.49. The predicted molar refractivity (Wildman–Crippen MR) is 59.9 cm³/mol. The van der Waals surface area contributed by atoms with Gasteiger partial charge in [-0.25, -0.2) is 8.42 Å². The minimum absolute atomic E-state index is 0.0280. The van der Waals surface area contributed by atoms with Crippen molar-refractivity contribution in [3.8, 4) is 0 Å². The van der Waals surface area contributed by atoms with Crippen molar-refractivity contribution >= 4 is 15.7 Å². The Kier molecular flexibility index (Phi) is 5.17. The van der Waals surface area contributed by atoms with Crippen molar-refractivity contribution in [2.24, 2.45) is 5.92 Å². The SMILES string of the molecule is CS(=O)(=O)CCNC(=O)C1CNCCOC1. The van der Waals surface area contributed by atoms with Crippen molar-refractivity contribution in [1.29, 1.82) is 0 Å². The molecule has 6 nitrogen and oxygen atoms in total. The summed E-state index contributed by atoms with van der Waals surface area (Å²) in [5.41, 5.74) is 0. The Hall–Kier alpha value is -0.660. The fourth-order valence-electron chi connectivity index (χ4n) is 1.38. The van der Waals surface area contributed by atoms with Crippen LogP contribution in [0.25, 0.3) is 0 Å². The summed E-state index contributed by atoms with van der Waals surface area (Å²) >= 11 is 0. The Labute approximate surface area is 95.7 Å². The van der Waals surface area contributed by atoms with Crippen LogP contribution < -0.4 is 10.6 Å². The number of hydrogen-bond donors (Lipinski definition) is 2. The van der Waals surface area contributed by atoms with Gasteiger partial charge in [-0.05, 0) is 0 Å². The van der Waals surface area contributed by atoms with Crippen LogP contribution in [0.3, 0.4) is 0 Å². The Morgan fingerprint density at radius 2 is 2.31 bits per heavy atom. The molecule has 1 aliphatic heterocycles. The lowest BCUT2D eigenvalue weighted by molar-refractivity contribution is -0.126. The van der Waals surface area contributed by atoms with Crippen molar-refractivity contribution in [2.75, 3.05) is 44.9 Å². The van der Waals surface area contributed by atoms with Crippen LogP contribution in [0.4, 0.5) is 0 Å². The highest BCUT2D eigenvalue weighted by molar-refractivity contribution is 7.90. The second kappa shape index (κ2) is 6.17. The normalized spacial score (nSPS) is 22.4. The van der Waals surface area contributed by atoms with E-state index in [2.05, 4.69) is 10.6 Å². The highest BCUT2D eigenvalue weighted by Crippen LogP contribution is 1.99. The minimum Gasteiger partial charge on any atom is -0.379 e. The molecule has 7 heteroatoms. The van der Waals surface area contributed by atoms with E-state index in [9.17, 15) is 13.2 Å². The molecule has 1 aliphatic rings. The molecule has 16 heavy (non-hydrogen) atoms. The maximum Gasteiger partial charge on any atom is 0.226 e. The zero-order valence-electron chi connectivity index (χ0n) is 9.36. The van der Waals surface area contributed by atoms with Gasteiger partial charge in [0.05, 0.1) is 24.9 Å². The second-order valence-electron chi connectivity index (χ2n) is 3.90. The molecule has 2 N–H and O–H groups in total. The molecule has 1 saturated heterocycles. The summed E-state index contributed by atoms with van der Waals surface area (Å²) < 4.78 is 26.9. The van der Waals surface area contributed by atoms with Crippen LogP contribution in [0.1, 0.15) is 0 Å². The number of ether oxygens (including phenoxy) is 1. The van der Waals surface area contributed by atoms with Crippen LogP contribution in [0.15, 0.2) is 0 Å². The molecular formula is C9H18N2O4S. The van der Waals surface area contributed by atoms with Crippen LogP contribution in [-0.2, 0) is 19.4 Å². The molecule has 1 unspecified atom stereocenters. The average Bonchev–Trinajstić information content (AvgIpc) is 2.43. The molecule has 0 aromatic heterocycles. The van der Waals surface area contributed by atoms with E-state index in [1.807, 2.05) is 0 Å². The van der Waals surface area contributed by atoms with Gasteiger partial charge < -0.3 is 15.4 Å². The van der Waals surface area contributed by atoms with Gasteiger partial charge in [-0.15, -0.1) is 0 Å². The number of hydrogen-bond acceptors (Lipinski definition) is 5. The minimum atomic E-state index is -3.02. The van der Waals surface area contributed by atoms with Crippen LogP contribution in [0.2, 0.25) is 0 Å². The smallest absolute Gasteiger partial charge is 0.226 e. The van der Waals surface area contributed by atoms with Crippen molar-refractivity contribution in [3.63, 3.8) is 0 Å². The maximum atomic E-state index is 11.6. The summed E-state index contributed by atoms with van der Waals surface area (Å²) in [6.45, 7) is 2.47. The fourth-order valence-corrected chi connectivity index (χ4v) is 1.85. The van der Waals surface area contributed by atoms with E-state index in [0.717, 1.165) is 12.8 Å². The summed E-state index contributed by atoms with van der Waals surface area (Å²) in [6.07, 6.45) is 1.15. The van der Waals surface area contributed by atoms with Crippen molar-refractivity contribution < 1.29 is 17.9 Å². The zero-order valence-corrected chi connectivity index (χ0v) is 10.2. The predicted octanol–water partition coefficient (Wildman–Crippen LogP) is -1.62. The third-order valence-electron chi connectivity index (χ3n) is 2.28. The third-order valence-corrected chi connectivity index (χ3v) is 3.22. The topological polar surface area (TPSA) is 84.5 Å². The van der Waals surface area contributed by atoms with Crippen molar-refractivity contribution in [2.45, 2.75) is 0 Å². The molecule has 1 rings (SSSR count).